The number of ketones is 1. The minimum absolute atomic E-state index is 0.110. The Morgan fingerprint density at radius 1 is 1.00 bits per heavy atom. The summed E-state index contributed by atoms with van der Waals surface area (Å²) < 4.78 is 14.2. The van der Waals surface area contributed by atoms with Gasteiger partial charge in [-0.15, -0.1) is 0 Å². The van der Waals surface area contributed by atoms with Crippen molar-refractivity contribution < 1.29 is 14.0 Å². The van der Waals surface area contributed by atoms with E-state index in [-0.39, 0.29) is 23.7 Å². The first-order chi connectivity index (χ1) is 14.4. The first-order valence-corrected chi connectivity index (χ1v) is 9.51. The molecule has 0 spiro atoms. The van der Waals surface area contributed by atoms with Gasteiger partial charge < -0.3 is 5.73 Å². The van der Waals surface area contributed by atoms with Gasteiger partial charge in [-0.2, -0.15) is 0 Å². The van der Waals surface area contributed by atoms with E-state index in [2.05, 4.69) is 0 Å². The van der Waals surface area contributed by atoms with Crippen LogP contribution >= 0.6 is 0 Å². The fourth-order valence-corrected chi connectivity index (χ4v) is 3.77. The number of anilines is 1. The Morgan fingerprint density at radius 3 is 2.10 bits per heavy atom. The summed E-state index contributed by atoms with van der Waals surface area (Å²) in [5.41, 5.74) is 5.80. The van der Waals surface area contributed by atoms with E-state index < -0.39 is 17.1 Å². The Balaban J connectivity index is 1.74. The van der Waals surface area contributed by atoms with Crippen LogP contribution in [0, 0.1) is 5.82 Å². The Labute approximate surface area is 173 Å². The normalized spacial score (nSPS) is 15.2. The zero-order chi connectivity index (χ0) is 21.3. The van der Waals surface area contributed by atoms with Crippen LogP contribution in [0.15, 0.2) is 83.9 Å². The van der Waals surface area contributed by atoms with Gasteiger partial charge in [-0.3, -0.25) is 14.5 Å². The third kappa shape index (κ3) is 3.16. The fraction of sp³-hybridized carbons (Fsp3) is 0.125. The van der Waals surface area contributed by atoms with E-state index in [9.17, 15) is 14.0 Å². The second-order valence-electron chi connectivity index (χ2n) is 7.16. The molecule has 1 aliphatic heterocycles. The summed E-state index contributed by atoms with van der Waals surface area (Å²) in [5, 5.41) is 0. The van der Waals surface area contributed by atoms with Crippen LogP contribution < -0.4 is 5.73 Å². The van der Waals surface area contributed by atoms with E-state index in [0.29, 0.717) is 17.0 Å². The van der Waals surface area contributed by atoms with Crippen molar-refractivity contribution in [3.05, 3.63) is 101 Å². The summed E-state index contributed by atoms with van der Waals surface area (Å²) in [6.07, 6.45) is 0. The van der Waals surface area contributed by atoms with E-state index in [1.807, 2.05) is 60.7 Å². The van der Waals surface area contributed by atoms with Crippen molar-refractivity contribution in [3.63, 3.8) is 0 Å². The highest BCUT2D eigenvalue weighted by atomic mass is 19.1. The second-order valence-corrected chi connectivity index (χ2v) is 7.16. The van der Waals surface area contributed by atoms with E-state index >= 15 is 0 Å². The van der Waals surface area contributed by atoms with Crippen LogP contribution in [-0.4, -0.2) is 29.0 Å². The molecule has 150 valence electrons. The van der Waals surface area contributed by atoms with Crippen LogP contribution in [0.2, 0.25) is 0 Å². The van der Waals surface area contributed by atoms with E-state index in [1.54, 1.807) is 6.92 Å². The predicted molar refractivity (Wildman–Crippen MR) is 114 cm³/mol. The number of aliphatic imine (C=N–C) groups is 1. The monoisotopic (exact) mass is 401 g/mol. The summed E-state index contributed by atoms with van der Waals surface area (Å²) >= 11 is 0. The SMILES string of the molecule is CC1=NC(c2ccccc2)(c2ccccc2)C(=O)N1CC(=O)c1ccc(N)cc1F. The van der Waals surface area contributed by atoms with Gasteiger partial charge in [0, 0.05) is 5.69 Å². The lowest BCUT2D eigenvalue weighted by atomic mass is 9.83. The van der Waals surface area contributed by atoms with Gasteiger partial charge in [0.05, 0.1) is 12.1 Å². The molecule has 2 N–H and O–H groups in total. The maximum absolute atomic E-state index is 14.2. The zero-order valence-electron chi connectivity index (χ0n) is 16.4. The van der Waals surface area contributed by atoms with E-state index in [0.717, 1.165) is 6.07 Å². The first-order valence-electron chi connectivity index (χ1n) is 9.51. The van der Waals surface area contributed by atoms with Crippen molar-refractivity contribution in [2.75, 3.05) is 12.3 Å². The molecule has 1 amide bonds. The summed E-state index contributed by atoms with van der Waals surface area (Å²) in [6, 6.07) is 22.4. The van der Waals surface area contributed by atoms with Gasteiger partial charge in [-0.05, 0) is 36.2 Å². The molecule has 0 aromatic heterocycles. The third-order valence-corrected chi connectivity index (χ3v) is 5.25. The lowest BCUT2D eigenvalue weighted by Gasteiger charge is -2.27. The van der Waals surface area contributed by atoms with Crippen LogP contribution in [0.5, 0.6) is 0 Å². The third-order valence-electron chi connectivity index (χ3n) is 5.25. The molecule has 1 heterocycles. The number of hydrogen-bond donors (Lipinski definition) is 1. The van der Waals surface area contributed by atoms with Crippen molar-refractivity contribution in [3.8, 4) is 0 Å². The molecule has 0 radical (unpaired) electrons. The molecule has 1 aliphatic rings. The number of nitrogens with zero attached hydrogens (tertiary/aromatic N) is 2. The maximum atomic E-state index is 14.2. The highest BCUT2D eigenvalue weighted by molar-refractivity contribution is 6.13. The zero-order valence-corrected chi connectivity index (χ0v) is 16.4. The molecule has 0 saturated heterocycles. The van der Waals surface area contributed by atoms with Crippen molar-refractivity contribution in [2.24, 2.45) is 4.99 Å². The molecular formula is C24H20FN3O2. The van der Waals surface area contributed by atoms with Crippen LogP contribution in [0.3, 0.4) is 0 Å². The Bertz CT molecular complexity index is 1100. The highest BCUT2D eigenvalue weighted by Gasteiger charge is 2.50. The summed E-state index contributed by atoms with van der Waals surface area (Å²) in [6.45, 7) is 1.37. The average Bonchev–Trinajstić information content (AvgIpc) is 3.00. The van der Waals surface area contributed by atoms with E-state index in [1.165, 1.54) is 17.0 Å². The van der Waals surface area contributed by atoms with Crippen LogP contribution in [0.4, 0.5) is 10.1 Å². The maximum Gasteiger partial charge on any atom is 0.265 e. The molecule has 0 unspecified atom stereocenters. The number of halogens is 1. The quantitative estimate of drug-likeness (QED) is 0.522. The summed E-state index contributed by atoms with van der Waals surface area (Å²) in [7, 11) is 0. The molecule has 3 aromatic carbocycles. The predicted octanol–water partition coefficient (Wildman–Crippen LogP) is 3.80. The number of nitrogens with two attached hydrogens (primary N) is 1. The molecule has 0 atom stereocenters. The molecule has 0 fully saturated rings. The number of amides is 1. The van der Waals surface area contributed by atoms with Crippen molar-refractivity contribution in [1.82, 2.24) is 4.90 Å². The number of rotatable bonds is 5. The Hall–Kier alpha value is -3.80. The average molecular weight is 401 g/mol. The number of nitrogen functional groups attached to an aromatic ring is 1. The van der Waals surface area contributed by atoms with Crippen molar-refractivity contribution in [2.45, 2.75) is 12.5 Å². The molecule has 3 aromatic rings. The number of carbonyl (C=O) groups excluding carboxylic acids is 2. The molecule has 5 nitrogen and oxygen atoms in total. The van der Waals surface area contributed by atoms with Crippen LogP contribution in [0.25, 0.3) is 0 Å². The van der Waals surface area contributed by atoms with Crippen LogP contribution in [-0.2, 0) is 10.3 Å². The smallest absolute Gasteiger partial charge is 0.265 e. The molecule has 4 rings (SSSR count). The lowest BCUT2D eigenvalue weighted by Crippen LogP contribution is -2.43. The molecule has 0 aliphatic carbocycles. The molecule has 0 saturated carbocycles. The van der Waals surface area contributed by atoms with Gasteiger partial charge in [0.15, 0.2) is 11.3 Å². The molecule has 30 heavy (non-hydrogen) atoms. The minimum Gasteiger partial charge on any atom is -0.399 e. The number of carbonyl (C=O) groups is 2. The lowest BCUT2D eigenvalue weighted by molar-refractivity contribution is -0.129. The van der Waals surface area contributed by atoms with Gasteiger partial charge in [0.2, 0.25) is 0 Å². The standard InChI is InChI=1S/C24H20FN3O2/c1-16-27-24(17-8-4-2-5-9-17,18-10-6-3-7-11-18)23(30)28(16)15-22(29)20-13-12-19(26)14-21(20)25/h2-14H,15,26H2,1H3. The fourth-order valence-electron chi connectivity index (χ4n) is 3.77. The largest absolute Gasteiger partial charge is 0.399 e. The van der Waals surface area contributed by atoms with Gasteiger partial charge in [0.25, 0.3) is 5.91 Å². The minimum atomic E-state index is -1.29. The highest BCUT2D eigenvalue weighted by Crippen LogP contribution is 2.40. The number of amidine groups is 1. The summed E-state index contributed by atoms with van der Waals surface area (Å²) in [4.78, 5) is 32.5. The van der Waals surface area contributed by atoms with Gasteiger partial charge in [-0.1, -0.05) is 60.7 Å². The Kier molecular flexibility index (Phi) is 4.91. The second kappa shape index (κ2) is 7.55. The van der Waals surface area contributed by atoms with Crippen LogP contribution in [0.1, 0.15) is 28.4 Å². The topological polar surface area (TPSA) is 75.8 Å². The molecule has 6 heteroatoms. The molecular weight excluding hydrogens is 381 g/mol. The van der Waals surface area contributed by atoms with Gasteiger partial charge in [-0.25, -0.2) is 9.38 Å². The van der Waals surface area contributed by atoms with Gasteiger partial charge in [0.1, 0.15) is 11.7 Å². The number of benzene rings is 3. The number of hydrogen-bond acceptors (Lipinski definition) is 4. The summed E-state index contributed by atoms with van der Waals surface area (Å²) in [5.74, 6) is -1.18. The van der Waals surface area contributed by atoms with E-state index in [4.69, 9.17) is 10.7 Å². The van der Waals surface area contributed by atoms with Crippen molar-refractivity contribution >= 4 is 23.2 Å². The van der Waals surface area contributed by atoms with Gasteiger partial charge >= 0.3 is 0 Å². The Morgan fingerprint density at radius 2 is 1.57 bits per heavy atom. The first kappa shape index (κ1) is 19.5. The molecule has 0 bridgehead atoms. The van der Waals surface area contributed by atoms with Crippen molar-refractivity contribution in [1.29, 1.82) is 0 Å². The number of Topliss-reactive ketones (excluding diaryl/α,β-unsaturated/α-hetero) is 1.